The number of rotatable bonds is 4. The van der Waals surface area contributed by atoms with Gasteiger partial charge in [0.1, 0.15) is 5.75 Å². The maximum Gasteiger partial charge on any atom is 0.122 e. The third-order valence-electron chi connectivity index (χ3n) is 4.14. The first-order valence-corrected chi connectivity index (χ1v) is 7.61. The second-order valence-corrected chi connectivity index (χ2v) is 6.47. The van der Waals surface area contributed by atoms with E-state index in [0.717, 1.165) is 31.9 Å². The molecule has 0 spiro atoms. The van der Waals surface area contributed by atoms with Gasteiger partial charge in [-0.15, -0.1) is 0 Å². The molecule has 2 rings (SSSR count). The Morgan fingerprint density at radius 1 is 1.25 bits per heavy atom. The molecule has 0 aliphatic carbocycles. The first-order chi connectivity index (χ1) is 9.53. The zero-order chi connectivity index (χ0) is 14.6. The molecule has 112 valence electrons. The van der Waals surface area contributed by atoms with Crippen molar-refractivity contribution in [2.24, 2.45) is 0 Å². The highest BCUT2D eigenvalue weighted by molar-refractivity contribution is 5.42. The molecule has 1 N–H and O–H groups in total. The number of nitrogens with one attached hydrogen (secondary N) is 1. The van der Waals surface area contributed by atoms with Crippen LogP contribution in [0.25, 0.3) is 0 Å². The van der Waals surface area contributed by atoms with Crippen molar-refractivity contribution < 1.29 is 4.74 Å². The molecule has 0 saturated carbocycles. The van der Waals surface area contributed by atoms with E-state index in [0.29, 0.717) is 0 Å². The minimum Gasteiger partial charge on any atom is -0.496 e. The lowest BCUT2D eigenvalue weighted by molar-refractivity contribution is 0.233. The molecule has 0 atom stereocenters. The predicted molar refractivity (Wildman–Crippen MR) is 84.7 cm³/mol. The minimum atomic E-state index is 0.0989. The monoisotopic (exact) mass is 276 g/mol. The smallest absolute Gasteiger partial charge is 0.122 e. The van der Waals surface area contributed by atoms with E-state index in [2.05, 4.69) is 49.2 Å². The molecule has 1 aliphatic rings. The summed E-state index contributed by atoms with van der Waals surface area (Å²) in [6.45, 7) is 12.4. The Morgan fingerprint density at radius 2 is 2.05 bits per heavy atom. The molecule has 1 aromatic carbocycles. The molecule has 3 heteroatoms. The van der Waals surface area contributed by atoms with Crippen LogP contribution in [-0.2, 0) is 5.41 Å². The lowest BCUT2D eigenvalue weighted by atomic mass is 9.82. The van der Waals surface area contributed by atoms with Gasteiger partial charge in [-0.05, 0) is 32.5 Å². The van der Waals surface area contributed by atoms with Gasteiger partial charge < -0.3 is 15.0 Å². The molecule has 0 aromatic heterocycles. The Morgan fingerprint density at radius 3 is 2.80 bits per heavy atom. The second-order valence-electron chi connectivity index (χ2n) is 6.47. The highest BCUT2D eigenvalue weighted by atomic mass is 16.5. The highest BCUT2D eigenvalue weighted by Crippen LogP contribution is 2.33. The van der Waals surface area contributed by atoms with E-state index in [1.54, 1.807) is 7.11 Å². The Kier molecular flexibility index (Phi) is 5.06. The number of aryl methyl sites for hydroxylation is 1. The second kappa shape index (κ2) is 6.59. The van der Waals surface area contributed by atoms with E-state index in [1.165, 1.54) is 24.1 Å². The SMILES string of the molecule is COc1ccc(C)cc1C(C)(C)CN1CCCNCC1. The zero-order valence-corrected chi connectivity index (χ0v) is 13.3. The Balaban J connectivity index is 2.18. The maximum atomic E-state index is 5.57. The van der Waals surface area contributed by atoms with Crippen molar-refractivity contribution in [2.75, 3.05) is 39.8 Å². The Hall–Kier alpha value is -1.06. The first-order valence-electron chi connectivity index (χ1n) is 7.61. The number of benzene rings is 1. The van der Waals surface area contributed by atoms with Crippen LogP contribution in [0.4, 0.5) is 0 Å². The van der Waals surface area contributed by atoms with Gasteiger partial charge in [0, 0.05) is 30.6 Å². The quantitative estimate of drug-likeness (QED) is 0.915. The van der Waals surface area contributed by atoms with E-state index in [4.69, 9.17) is 4.74 Å². The van der Waals surface area contributed by atoms with Crippen molar-refractivity contribution >= 4 is 0 Å². The van der Waals surface area contributed by atoms with Crippen molar-refractivity contribution in [1.82, 2.24) is 10.2 Å². The number of ether oxygens (including phenoxy) is 1. The van der Waals surface area contributed by atoms with E-state index in [1.807, 2.05) is 0 Å². The number of methoxy groups -OCH3 is 1. The summed E-state index contributed by atoms with van der Waals surface area (Å²) >= 11 is 0. The van der Waals surface area contributed by atoms with E-state index < -0.39 is 0 Å². The average Bonchev–Trinajstić information content (AvgIpc) is 2.67. The van der Waals surface area contributed by atoms with Crippen LogP contribution >= 0.6 is 0 Å². The van der Waals surface area contributed by atoms with Gasteiger partial charge in [0.25, 0.3) is 0 Å². The van der Waals surface area contributed by atoms with Crippen LogP contribution in [0.3, 0.4) is 0 Å². The average molecular weight is 276 g/mol. The number of nitrogens with zero attached hydrogens (tertiary/aromatic N) is 1. The summed E-state index contributed by atoms with van der Waals surface area (Å²) in [6.07, 6.45) is 1.24. The molecule has 0 unspecified atom stereocenters. The standard InChI is InChI=1S/C17H28N2O/c1-14-6-7-16(20-4)15(12-14)17(2,3)13-19-10-5-8-18-9-11-19/h6-7,12,18H,5,8-11,13H2,1-4H3. The van der Waals surface area contributed by atoms with Crippen molar-refractivity contribution in [3.63, 3.8) is 0 Å². The van der Waals surface area contributed by atoms with Gasteiger partial charge >= 0.3 is 0 Å². The zero-order valence-electron chi connectivity index (χ0n) is 13.3. The molecule has 1 aliphatic heterocycles. The topological polar surface area (TPSA) is 24.5 Å². The van der Waals surface area contributed by atoms with Crippen molar-refractivity contribution in [1.29, 1.82) is 0 Å². The van der Waals surface area contributed by atoms with Crippen LogP contribution in [0.15, 0.2) is 18.2 Å². The van der Waals surface area contributed by atoms with Crippen molar-refractivity contribution in [3.05, 3.63) is 29.3 Å². The summed E-state index contributed by atoms with van der Waals surface area (Å²) in [6, 6.07) is 6.49. The van der Waals surface area contributed by atoms with Gasteiger partial charge in [0.2, 0.25) is 0 Å². The van der Waals surface area contributed by atoms with Crippen molar-refractivity contribution in [3.8, 4) is 5.75 Å². The maximum absolute atomic E-state index is 5.57. The summed E-state index contributed by atoms with van der Waals surface area (Å²) in [4.78, 5) is 2.57. The van der Waals surface area contributed by atoms with Crippen LogP contribution < -0.4 is 10.1 Å². The Labute approximate surface area is 123 Å². The molecule has 0 amide bonds. The fourth-order valence-electron chi connectivity index (χ4n) is 3.05. The fraction of sp³-hybridized carbons (Fsp3) is 0.647. The predicted octanol–water partition coefficient (Wildman–Crippen LogP) is 2.58. The molecule has 20 heavy (non-hydrogen) atoms. The van der Waals surface area contributed by atoms with Gasteiger partial charge in [-0.25, -0.2) is 0 Å². The first kappa shape index (κ1) is 15.3. The van der Waals surface area contributed by atoms with Crippen LogP contribution in [0, 0.1) is 6.92 Å². The largest absolute Gasteiger partial charge is 0.496 e. The Bertz CT molecular complexity index is 435. The molecule has 0 radical (unpaired) electrons. The van der Waals surface area contributed by atoms with Crippen LogP contribution in [0.5, 0.6) is 5.75 Å². The molecular formula is C17H28N2O. The van der Waals surface area contributed by atoms with Gasteiger partial charge in [-0.3, -0.25) is 0 Å². The van der Waals surface area contributed by atoms with Crippen LogP contribution in [0.2, 0.25) is 0 Å². The lowest BCUT2D eigenvalue weighted by Crippen LogP contribution is -2.39. The van der Waals surface area contributed by atoms with Crippen molar-refractivity contribution in [2.45, 2.75) is 32.6 Å². The lowest BCUT2D eigenvalue weighted by Gasteiger charge is -2.33. The van der Waals surface area contributed by atoms with Crippen LogP contribution in [0.1, 0.15) is 31.4 Å². The molecule has 1 fully saturated rings. The summed E-state index contributed by atoms with van der Waals surface area (Å²) in [7, 11) is 1.76. The highest BCUT2D eigenvalue weighted by Gasteiger charge is 2.27. The minimum absolute atomic E-state index is 0.0989. The molecule has 0 bridgehead atoms. The fourth-order valence-corrected chi connectivity index (χ4v) is 3.05. The number of hydrogen-bond acceptors (Lipinski definition) is 3. The molecule has 1 heterocycles. The van der Waals surface area contributed by atoms with E-state index in [9.17, 15) is 0 Å². The van der Waals surface area contributed by atoms with E-state index in [-0.39, 0.29) is 5.41 Å². The molecular weight excluding hydrogens is 248 g/mol. The summed E-state index contributed by atoms with van der Waals surface area (Å²) in [5, 5.41) is 3.47. The van der Waals surface area contributed by atoms with E-state index >= 15 is 0 Å². The normalized spacial score (nSPS) is 17.8. The van der Waals surface area contributed by atoms with Gasteiger partial charge in [0.15, 0.2) is 0 Å². The molecule has 1 aromatic rings. The summed E-state index contributed by atoms with van der Waals surface area (Å²) in [5.74, 6) is 1.01. The van der Waals surface area contributed by atoms with Gasteiger partial charge in [-0.2, -0.15) is 0 Å². The third kappa shape index (κ3) is 3.74. The van der Waals surface area contributed by atoms with Crippen LogP contribution in [-0.4, -0.2) is 44.7 Å². The third-order valence-corrected chi connectivity index (χ3v) is 4.14. The van der Waals surface area contributed by atoms with Gasteiger partial charge in [-0.1, -0.05) is 31.5 Å². The summed E-state index contributed by atoms with van der Waals surface area (Å²) in [5.41, 5.74) is 2.71. The summed E-state index contributed by atoms with van der Waals surface area (Å²) < 4.78 is 5.57. The molecule has 3 nitrogen and oxygen atoms in total. The molecule has 1 saturated heterocycles. The van der Waals surface area contributed by atoms with Gasteiger partial charge in [0.05, 0.1) is 7.11 Å². The number of hydrogen-bond donors (Lipinski definition) is 1.